The first kappa shape index (κ1) is 27.7. The van der Waals surface area contributed by atoms with Crippen LogP contribution < -0.4 is 42.4 Å². The Balaban J connectivity index is 0. The molecule has 2 atom stereocenters. The molecular formula is C20H29Cl3SiTi. The number of hydrogen-bond acceptors (Lipinski definition) is 0. The summed E-state index contributed by atoms with van der Waals surface area (Å²) in [5.74, 6) is 0.620. The van der Waals surface area contributed by atoms with E-state index in [4.69, 9.17) is 0 Å². The standard InChI is InChI=1S/C20H29Si.3ClH.Ti/c1-7-8-9-21(6,20-14-17(4)11-18(20)5)19-12-15(2)10-16(3)13-19;;;;/h10,12-14,17H,7-9H2,1-6H3;3*1H;/q;;;;+3/p-3. The summed E-state index contributed by atoms with van der Waals surface area (Å²) >= 11 is 2.32. The van der Waals surface area contributed by atoms with Gasteiger partial charge in [0.2, 0.25) is 0 Å². The maximum atomic E-state index is 2.59. The van der Waals surface area contributed by atoms with Gasteiger partial charge in [0, 0.05) is 0 Å². The van der Waals surface area contributed by atoms with Crippen molar-refractivity contribution in [3.63, 3.8) is 0 Å². The number of hydrogen-bond donors (Lipinski definition) is 0. The van der Waals surface area contributed by atoms with Gasteiger partial charge in [-0.3, -0.25) is 0 Å². The summed E-state index contributed by atoms with van der Waals surface area (Å²) in [6, 6.07) is 8.59. The summed E-state index contributed by atoms with van der Waals surface area (Å²) in [7, 11) is -1.62. The topological polar surface area (TPSA) is 0 Å². The van der Waals surface area contributed by atoms with E-state index in [1.807, 2.05) is 0 Å². The second-order valence-corrected chi connectivity index (χ2v) is 12.3. The molecular weight excluding hydrogens is 423 g/mol. The third kappa shape index (κ3) is 5.99. The molecule has 2 unspecified atom stereocenters. The van der Waals surface area contributed by atoms with Gasteiger partial charge < -0.3 is 37.2 Å². The van der Waals surface area contributed by atoms with Gasteiger partial charge in [0.25, 0.3) is 0 Å². The Bertz CT molecular complexity index is 620. The Morgan fingerprint density at radius 2 is 1.52 bits per heavy atom. The van der Waals surface area contributed by atoms with Crippen LogP contribution in [-0.4, -0.2) is 8.07 Å². The zero-order chi connectivity index (χ0) is 16.5. The van der Waals surface area contributed by atoms with E-state index in [1.165, 1.54) is 30.0 Å². The zero-order valence-corrected chi connectivity index (χ0v) is 21.0. The zero-order valence-electron chi connectivity index (χ0n) is 16.1. The van der Waals surface area contributed by atoms with Gasteiger partial charge >= 0.3 is 150 Å². The minimum Gasteiger partial charge on any atom is -1.00 e. The van der Waals surface area contributed by atoms with Gasteiger partial charge in [-0.15, -0.1) is 0 Å². The molecule has 2 rings (SSSR count). The Morgan fingerprint density at radius 1 is 1.00 bits per heavy atom. The predicted octanol–water partition coefficient (Wildman–Crippen LogP) is -3.66. The van der Waals surface area contributed by atoms with Crippen LogP contribution in [0.2, 0.25) is 12.6 Å². The van der Waals surface area contributed by atoms with Crippen molar-refractivity contribution in [3.05, 3.63) is 50.0 Å². The fraction of sp³-hybridized carbons (Fsp3) is 0.500. The third-order valence-corrected chi connectivity index (χ3v) is 11.1. The van der Waals surface area contributed by atoms with Gasteiger partial charge in [0.05, 0.1) is 0 Å². The minimum absolute atomic E-state index is 0. The summed E-state index contributed by atoms with van der Waals surface area (Å²) in [6.45, 7) is 14.1. The summed E-state index contributed by atoms with van der Waals surface area (Å²) in [5.41, 5.74) is 4.40. The van der Waals surface area contributed by atoms with Crippen LogP contribution in [0.25, 0.3) is 0 Å². The van der Waals surface area contributed by atoms with Gasteiger partial charge in [0.15, 0.2) is 0 Å². The number of aryl methyl sites for hydroxylation is 2. The quantitative estimate of drug-likeness (QED) is 0.405. The van der Waals surface area contributed by atoms with Crippen LogP contribution in [0.4, 0.5) is 0 Å². The first-order valence-corrected chi connectivity index (χ1v) is 12.0. The average molecular weight is 452 g/mol. The molecule has 0 heterocycles. The number of benzene rings is 1. The van der Waals surface area contributed by atoms with Crippen LogP contribution in [0.3, 0.4) is 0 Å². The first-order chi connectivity index (χ1) is 10.3. The fourth-order valence-corrected chi connectivity index (χ4v) is 8.94. The second-order valence-electron chi connectivity index (χ2n) is 7.22. The molecule has 5 heteroatoms. The van der Waals surface area contributed by atoms with E-state index in [9.17, 15) is 0 Å². The molecule has 1 aliphatic carbocycles. The molecule has 1 aromatic carbocycles. The van der Waals surface area contributed by atoms with Crippen molar-refractivity contribution >= 4 is 13.3 Å². The van der Waals surface area contributed by atoms with Crippen LogP contribution in [0.1, 0.15) is 44.7 Å². The van der Waals surface area contributed by atoms with Crippen LogP contribution in [-0.2, 0) is 20.4 Å². The molecule has 0 fully saturated rings. The van der Waals surface area contributed by atoms with E-state index < -0.39 is 8.07 Å². The van der Waals surface area contributed by atoms with Crippen molar-refractivity contribution in [1.82, 2.24) is 0 Å². The number of unbranched alkanes of at least 4 members (excludes halogenated alkanes) is 1. The van der Waals surface area contributed by atoms with E-state index >= 15 is 0 Å². The van der Waals surface area contributed by atoms with Crippen LogP contribution in [0.15, 0.2) is 38.9 Å². The molecule has 0 bridgehead atoms. The minimum atomic E-state index is -1.62. The largest absolute Gasteiger partial charge is 1.00 e. The maximum Gasteiger partial charge on any atom is -1.00 e. The molecule has 0 N–H and O–H groups in total. The van der Waals surface area contributed by atoms with Gasteiger partial charge in [-0.1, -0.05) is 0 Å². The molecule has 1 aromatic rings. The molecule has 0 aromatic heterocycles. The van der Waals surface area contributed by atoms with Crippen molar-refractivity contribution < 1.29 is 57.7 Å². The van der Waals surface area contributed by atoms with Crippen LogP contribution >= 0.6 is 0 Å². The SMILES string of the molecule is CCCC[Si](C)(C1=CC(C)[C]([Ti+3])=C1C)c1cc(C)cc(C)c1.[Cl-].[Cl-].[Cl-]. The van der Waals surface area contributed by atoms with Crippen molar-refractivity contribution in [2.45, 2.75) is 60.1 Å². The maximum absolute atomic E-state index is 2.59. The Labute approximate surface area is 186 Å². The number of allylic oxidation sites excluding steroid dienone is 4. The second kappa shape index (κ2) is 11.4. The van der Waals surface area contributed by atoms with Gasteiger partial charge in [-0.05, 0) is 0 Å². The molecule has 0 saturated carbocycles. The summed E-state index contributed by atoms with van der Waals surface area (Å²) in [5, 5.41) is 3.34. The molecule has 0 amide bonds. The smallest absolute Gasteiger partial charge is 1.00 e. The van der Waals surface area contributed by atoms with E-state index in [1.54, 1.807) is 19.8 Å². The predicted molar refractivity (Wildman–Crippen MR) is 96.8 cm³/mol. The first-order valence-electron chi connectivity index (χ1n) is 8.53. The molecule has 138 valence electrons. The molecule has 0 spiro atoms. The van der Waals surface area contributed by atoms with E-state index in [0.29, 0.717) is 5.92 Å². The van der Waals surface area contributed by atoms with Crippen LogP contribution in [0.5, 0.6) is 0 Å². The Hall–Kier alpha value is 0.501. The molecule has 0 aliphatic heterocycles. The monoisotopic (exact) mass is 450 g/mol. The van der Waals surface area contributed by atoms with Crippen molar-refractivity contribution in [1.29, 1.82) is 0 Å². The normalized spacial score (nSPS) is 18.6. The number of halogens is 3. The van der Waals surface area contributed by atoms with Gasteiger partial charge in [-0.25, -0.2) is 0 Å². The van der Waals surface area contributed by atoms with Crippen molar-refractivity contribution in [2.24, 2.45) is 5.92 Å². The van der Waals surface area contributed by atoms with Gasteiger partial charge in [0.1, 0.15) is 0 Å². The van der Waals surface area contributed by atoms with E-state index in [2.05, 4.69) is 85.9 Å². The Morgan fingerprint density at radius 3 is 1.92 bits per heavy atom. The molecule has 0 nitrogen and oxygen atoms in total. The third-order valence-electron chi connectivity index (χ3n) is 5.16. The molecule has 25 heavy (non-hydrogen) atoms. The average Bonchev–Trinajstić information content (AvgIpc) is 2.72. The van der Waals surface area contributed by atoms with Gasteiger partial charge in [-0.2, -0.15) is 0 Å². The molecule has 0 radical (unpaired) electrons. The van der Waals surface area contributed by atoms with Crippen LogP contribution in [0, 0.1) is 19.8 Å². The van der Waals surface area contributed by atoms with E-state index in [0.717, 1.165) is 0 Å². The number of rotatable bonds is 5. The van der Waals surface area contributed by atoms with E-state index in [-0.39, 0.29) is 37.2 Å². The summed E-state index contributed by atoms with van der Waals surface area (Å²) < 4.78 is 1.58. The molecule has 0 saturated heterocycles. The van der Waals surface area contributed by atoms with Crippen molar-refractivity contribution in [2.75, 3.05) is 0 Å². The molecule has 1 aliphatic rings. The summed E-state index contributed by atoms with van der Waals surface area (Å²) in [4.78, 5) is 0. The van der Waals surface area contributed by atoms with Crippen molar-refractivity contribution in [3.8, 4) is 0 Å². The summed E-state index contributed by atoms with van der Waals surface area (Å²) in [6.07, 6.45) is 5.20. The fourth-order valence-electron chi connectivity index (χ4n) is 3.80. The Kier molecular flexibility index (Phi) is 12.6.